The number of benzene rings is 1. The van der Waals surface area contributed by atoms with Crippen molar-refractivity contribution in [2.75, 3.05) is 0 Å². The summed E-state index contributed by atoms with van der Waals surface area (Å²) in [4.78, 5) is 15.0. The minimum Gasteiger partial charge on any atom is -0.335 e. The molecule has 22 heavy (non-hydrogen) atoms. The standard InChI is InChI=1S/C17H20ClN3O/c18-17-14-7-3-4-8-15(14)20(19-17)11-16(22)21(13-9-10-13)12-5-1-2-6-12/h3-4,7-8,12-13H,1-2,5-6,9-11H2. The van der Waals surface area contributed by atoms with Gasteiger partial charge in [-0.1, -0.05) is 36.6 Å². The van der Waals surface area contributed by atoms with Crippen LogP contribution in [-0.2, 0) is 11.3 Å². The van der Waals surface area contributed by atoms with Crippen LogP contribution in [0.4, 0.5) is 0 Å². The largest absolute Gasteiger partial charge is 0.335 e. The zero-order valence-corrected chi connectivity index (χ0v) is 13.3. The molecule has 0 atom stereocenters. The monoisotopic (exact) mass is 317 g/mol. The van der Waals surface area contributed by atoms with Crippen LogP contribution in [0.5, 0.6) is 0 Å². The van der Waals surface area contributed by atoms with E-state index in [-0.39, 0.29) is 5.91 Å². The molecule has 0 N–H and O–H groups in total. The van der Waals surface area contributed by atoms with Gasteiger partial charge >= 0.3 is 0 Å². The van der Waals surface area contributed by atoms with Gasteiger partial charge in [0.2, 0.25) is 5.91 Å². The summed E-state index contributed by atoms with van der Waals surface area (Å²) in [6.07, 6.45) is 7.12. The summed E-state index contributed by atoms with van der Waals surface area (Å²) in [6.45, 7) is 0.292. The van der Waals surface area contributed by atoms with E-state index >= 15 is 0 Å². The van der Waals surface area contributed by atoms with E-state index in [4.69, 9.17) is 11.6 Å². The summed E-state index contributed by atoms with van der Waals surface area (Å²) < 4.78 is 1.75. The molecule has 1 amide bonds. The summed E-state index contributed by atoms with van der Waals surface area (Å²) in [7, 11) is 0. The van der Waals surface area contributed by atoms with E-state index in [0.29, 0.717) is 23.8 Å². The molecule has 2 aliphatic carbocycles. The number of carbonyl (C=O) groups excluding carboxylic acids is 1. The Balaban J connectivity index is 1.59. The second kappa shape index (κ2) is 5.58. The van der Waals surface area contributed by atoms with Gasteiger partial charge in [0.15, 0.2) is 5.15 Å². The van der Waals surface area contributed by atoms with Gasteiger partial charge in [0.25, 0.3) is 0 Å². The third-order valence-electron chi connectivity index (χ3n) is 4.84. The van der Waals surface area contributed by atoms with Crippen LogP contribution < -0.4 is 0 Å². The first-order valence-corrected chi connectivity index (χ1v) is 8.54. The average molecular weight is 318 g/mol. The topological polar surface area (TPSA) is 38.1 Å². The predicted molar refractivity (Wildman–Crippen MR) is 86.9 cm³/mol. The second-order valence-electron chi connectivity index (χ2n) is 6.44. The van der Waals surface area contributed by atoms with Crippen LogP contribution in [0.2, 0.25) is 5.15 Å². The molecule has 2 fully saturated rings. The second-order valence-corrected chi connectivity index (χ2v) is 6.79. The fourth-order valence-corrected chi connectivity index (χ4v) is 3.91. The van der Waals surface area contributed by atoms with Gasteiger partial charge in [-0.15, -0.1) is 0 Å². The Bertz CT molecular complexity index is 701. The molecule has 0 bridgehead atoms. The van der Waals surface area contributed by atoms with E-state index in [1.165, 1.54) is 12.8 Å². The van der Waals surface area contributed by atoms with Gasteiger partial charge in [0.05, 0.1) is 5.52 Å². The molecule has 4 rings (SSSR count). The number of amides is 1. The van der Waals surface area contributed by atoms with Crippen LogP contribution in [0.25, 0.3) is 10.9 Å². The molecule has 2 saturated carbocycles. The molecular weight excluding hydrogens is 298 g/mol. The predicted octanol–water partition coefficient (Wildman–Crippen LogP) is 3.62. The molecular formula is C17H20ClN3O. The van der Waals surface area contributed by atoms with Gasteiger partial charge in [-0.3, -0.25) is 9.48 Å². The molecule has 0 unspecified atom stereocenters. The minimum atomic E-state index is 0.194. The lowest BCUT2D eigenvalue weighted by molar-refractivity contribution is -0.134. The fraction of sp³-hybridized carbons (Fsp3) is 0.529. The van der Waals surface area contributed by atoms with Crippen molar-refractivity contribution >= 4 is 28.4 Å². The Kier molecular flexibility index (Phi) is 3.57. The van der Waals surface area contributed by atoms with Crippen molar-refractivity contribution in [3.63, 3.8) is 0 Å². The minimum absolute atomic E-state index is 0.194. The van der Waals surface area contributed by atoms with E-state index in [9.17, 15) is 4.79 Å². The quantitative estimate of drug-likeness (QED) is 0.863. The van der Waals surface area contributed by atoms with Crippen LogP contribution in [-0.4, -0.2) is 32.7 Å². The van der Waals surface area contributed by atoms with Crippen molar-refractivity contribution in [3.8, 4) is 0 Å². The van der Waals surface area contributed by atoms with Crippen LogP contribution in [0, 0.1) is 0 Å². The highest BCUT2D eigenvalue weighted by molar-refractivity contribution is 6.34. The van der Waals surface area contributed by atoms with Gasteiger partial charge < -0.3 is 4.90 Å². The summed E-state index contributed by atoms with van der Waals surface area (Å²) in [5.74, 6) is 0.194. The maximum Gasteiger partial charge on any atom is 0.244 e. The SMILES string of the molecule is O=C(Cn1nc(Cl)c2ccccc21)N(C1CCCC1)C1CC1. The van der Waals surface area contributed by atoms with Crippen molar-refractivity contribution in [2.45, 2.75) is 57.2 Å². The van der Waals surface area contributed by atoms with Gasteiger partial charge in [-0.05, 0) is 37.8 Å². The normalized spacial score (nSPS) is 19.0. The molecule has 1 heterocycles. The van der Waals surface area contributed by atoms with E-state index < -0.39 is 0 Å². The number of para-hydroxylation sites is 1. The molecule has 0 saturated heterocycles. The van der Waals surface area contributed by atoms with Crippen molar-refractivity contribution < 1.29 is 4.79 Å². The molecule has 1 aromatic heterocycles. The molecule has 0 spiro atoms. The average Bonchev–Trinajstić information content (AvgIpc) is 3.10. The number of fused-ring (bicyclic) bond motifs is 1. The maximum atomic E-state index is 12.9. The maximum absolute atomic E-state index is 12.9. The Labute approximate surface area is 135 Å². The van der Waals surface area contributed by atoms with Crippen LogP contribution in [0.15, 0.2) is 24.3 Å². The molecule has 0 aliphatic heterocycles. The molecule has 0 radical (unpaired) electrons. The molecule has 116 valence electrons. The molecule has 2 aliphatic rings. The number of hydrogen-bond acceptors (Lipinski definition) is 2. The van der Waals surface area contributed by atoms with Crippen LogP contribution in [0.3, 0.4) is 0 Å². The highest BCUT2D eigenvalue weighted by atomic mass is 35.5. The first-order chi connectivity index (χ1) is 10.7. The highest BCUT2D eigenvalue weighted by Crippen LogP contribution is 2.35. The Morgan fingerprint density at radius 3 is 2.59 bits per heavy atom. The summed E-state index contributed by atoms with van der Waals surface area (Å²) >= 11 is 6.19. The molecule has 1 aromatic carbocycles. The number of hydrogen-bond donors (Lipinski definition) is 0. The van der Waals surface area contributed by atoms with Crippen molar-refractivity contribution in [3.05, 3.63) is 29.4 Å². The summed E-state index contributed by atoms with van der Waals surface area (Å²) in [5, 5.41) is 5.74. The van der Waals surface area contributed by atoms with Gasteiger partial charge in [0, 0.05) is 17.5 Å². The molecule has 4 nitrogen and oxygen atoms in total. The lowest BCUT2D eigenvalue weighted by atomic mass is 10.2. The smallest absolute Gasteiger partial charge is 0.244 e. The zero-order valence-electron chi connectivity index (χ0n) is 12.5. The van der Waals surface area contributed by atoms with E-state index in [2.05, 4.69) is 10.00 Å². The van der Waals surface area contributed by atoms with Crippen molar-refractivity contribution in [1.29, 1.82) is 0 Å². The Morgan fingerprint density at radius 2 is 1.86 bits per heavy atom. The van der Waals surface area contributed by atoms with Crippen LogP contribution >= 0.6 is 11.6 Å². The number of aromatic nitrogens is 2. The van der Waals surface area contributed by atoms with Gasteiger partial charge in [-0.25, -0.2) is 0 Å². The van der Waals surface area contributed by atoms with Crippen molar-refractivity contribution in [1.82, 2.24) is 14.7 Å². The van der Waals surface area contributed by atoms with E-state index in [1.54, 1.807) is 4.68 Å². The van der Waals surface area contributed by atoms with E-state index in [0.717, 1.165) is 36.6 Å². The highest BCUT2D eigenvalue weighted by Gasteiger charge is 2.38. The Morgan fingerprint density at radius 1 is 1.18 bits per heavy atom. The number of rotatable bonds is 4. The van der Waals surface area contributed by atoms with Crippen molar-refractivity contribution in [2.24, 2.45) is 0 Å². The molecule has 2 aromatic rings. The third-order valence-corrected chi connectivity index (χ3v) is 5.12. The van der Waals surface area contributed by atoms with Gasteiger partial charge in [0.1, 0.15) is 6.54 Å². The lowest BCUT2D eigenvalue weighted by Crippen LogP contribution is -2.42. The number of nitrogens with zero attached hydrogens (tertiary/aromatic N) is 3. The lowest BCUT2D eigenvalue weighted by Gasteiger charge is -2.29. The van der Waals surface area contributed by atoms with E-state index in [1.807, 2.05) is 24.3 Å². The summed E-state index contributed by atoms with van der Waals surface area (Å²) in [5.41, 5.74) is 0.933. The third kappa shape index (κ3) is 2.50. The summed E-state index contributed by atoms with van der Waals surface area (Å²) in [6, 6.07) is 8.72. The number of carbonyl (C=O) groups is 1. The first-order valence-electron chi connectivity index (χ1n) is 8.16. The molecule has 5 heteroatoms. The van der Waals surface area contributed by atoms with Gasteiger partial charge in [-0.2, -0.15) is 5.10 Å². The van der Waals surface area contributed by atoms with Crippen LogP contribution in [0.1, 0.15) is 38.5 Å². The fourth-order valence-electron chi connectivity index (χ4n) is 3.66. The zero-order chi connectivity index (χ0) is 15.1. The first kappa shape index (κ1) is 14.1. The number of halogens is 1. The Hall–Kier alpha value is -1.55.